The first-order valence-corrected chi connectivity index (χ1v) is 11.8. The lowest BCUT2D eigenvalue weighted by atomic mass is 9.80. The van der Waals surface area contributed by atoms with Crippen molar-refractivity contribution in [2.45, 2.75) is 49.7 Å². The van der Waals surface area contributed by atoms with E-state index in [0.29, 0.717) is 16.9 Å². The van der Waals surface area contributed by atoms with Crippen LogP contribution in [0.4, 0.5) is 14.5 Å². The van der Waals surface area contributed by atoms with E-state index in [2.05, 4.69) is 15.5 Å². The highest BCUT2D eigenvalue weighted by atomic mass is 32.2. The maximum absolute atomic E-state index is 13.0. The second-order valence-electron chi connectivity index (χ2n) is 8.53. The first kappa shape index (κ1) is 22.2. The molecule has 1 aromatic carbocycles. The Balaban J connectivity index is 1.30. The molecule has 4 heterocycles. The second-order valence-corrected chi connectivity index (χ2v) is 10.3. The topological polar surface area (TPSA) is 119 Å². The molecule has 0 fully saturated rings. The van der Waals surface area contributed by atoms with Crippen LogP contribution in [0.25, 0.3) is 0 Å². The molecule has 0 aliphatic carbocycles. The van der Waals surface area contributed by atoms with Gasteiger partial charge in [0.2, 0.25) is 11.8 Å². The van der Waals surface area contributed by atoms with Crippen LogP contribution in [0.2, 0.25) is 0 Å². The molecular formula is C21H20F2N6O4S. The number of carbonyl (C=O) groups is 2. The maximum Gasteiger partial charge on any atom is 0.286 e. The van der Waals surface area contributed by atoms with Crippen molar-refractivity contribution in [3.05, 3.63) is 59.7 Å². The van der Waals surface area contributed by atoms with Gasteiger partial charge < -0.3 is 10.2 Å². The molecule has 2 aliphatic heterocycles. The Morgan fingerprint density at radius 2 is 2.00 bits per heavy atom. The largest absolute Gasteiger partial charge is 0.332 e. The number of para-hydroxylation sites is 1. The standard InChI is InChI=1S/C21H20F2N6O4S/c1-21(15-4-2-3-5-16(15)25-20(21)31)6-19(30)27-8-13-9-29(26-17(13)11-27)34(32,33)14-7-24-28(10-14)12-18(22)23/h2-5,7,9-10,18H,6,8,11-12H2,1H3,(H,25,31)/t21-/m0/s1. The Labute approximate surface area is 193 Å². The van der Waals surface area contributed by atoms with Crippen LogP contribution in [-0.4, -0.2) is 50.5 Å². The quantitative estimate of drug-likeness (QED) is 0.562. The monoisotopic (exact) mass is 490 g/mol. The first-order valence-electron chi connectivity index (χ1n) is 10.4. The minimum absolute atomic E-state index is 0.0399. The summed E-state index contributed by atoms with van der Waals surface area (Å²) < 4.78 is 52.3. The van der Waals surface area contributed by atoms with Crippen LogP contribution in [-0.2, 0) is 44.7 Å². The fraction of sp³-hybridized carbons (Fsp3) is 0.333. The Kier molecular flexibility index (Phi) is 5.04. The van der Waals surface area contributed by atoms with E-state index in [1.807, 2.05) is 18.2 Å². The number of benzene rings is 1. The van der Waals surface area contributed by atoms with Crippen molar-refractivity contribution in [3.8, 4) is 0 Å². The minimum atomic E-state index is -4.12. The smallest absolute Gasteiger partial charge is 0.286 e. The van der Waals surface area contributed by atoms with Crippen LogP contribution in [0.1, 0.15) is 30.2 Å². The number of nitrogens with zero attached hydrogens (tertiary/aromatic N) is 5. The molecular weight excluding hydrogens is 470 g/mol. The van der Waals surface area contributed by atoms with E-state index in [9.17, 15) is 26.8 Å². The summed E-state index contributed by atoms with van der Waals surface area (Å²) in [4.78, 5) is 26.9. The highest BCUT2D eigenvalue weighted by molar-refractivity contribution is 7.89. The van der Waals surface area contributed by atoms with Crippen LogP contribution in [0.15, 0.2) is 47.8 Å². The fourth-order valence-electron chi connectivity index (χ4n) is 4.30. The van der Waals surface area contributed by atoms with Crippen molar-refractivity contribution in [3.63, 3.8) is 0 Å². The summed E-state index contributed by atoms with van der Waals surface area (Å²) >= 11 is 0. The van der Waals surface area contributed by atoms with Gasteiger partial charge in [0.1, 0.15) is 11.4 Å². The molecule has 34 heavy (non-hydrogen) atoms. The van der Waals surface area contributed by atoms with Gasteiger partial charge in [-0.25, -0.2) is 8.78 Å². The first-order chi connectivity index (χ1) is 16.1. The molecule has 5 rings (SSSR count). The number of alkyl halides is 2. The summed E-state index contributed by atoms with van der Waals surface area (Å²) in [6, 6.07) is 7.23. The Hall–Kier alpha value is -3.61. The average molecular weight is 490 g/mol. The van der Waals surface area contributed by atoms with Gasteiger partial charge in [-0.1, -0.05) is 18.2 Å². The molecule has 0 saturated heterocycles. The van der Waals surface area contributed by atoms with E-state index in [4.69, 9.17) is 0 Å². The van der Waals surface area contributed by atoms with Crippen molar-refractivity contribution >= 4 is 27.5 Å². The van der Waals surface area contributed by atoms with Crippen LogP contribution in [0.5, 0.6) is 0 Å². The molecule has 0 unspecified atom stereocenters. The molecule has 2 amide bonds. The summed E-state index contributed by atoms with van der Waals surface area (Å²) in [6.07, 6.45) is 0.614. The number of amides is 2. The molecule has 178 valence electrons. The third-order valence-corrected chi connectivity index (χ3v) is 7.65. The zero-order valence-electron chi connectivity index (χ0n) is 18.0. The molecule has 0 radical (unpaired) electrons. The summed E-state index contributed by atoms with van der Waals surface area (Å²) in [5, 5.41) is 10.6. The highest BCUT2D eigenvalue weighted by Gasteiger charge is 2.45. The lowest BCUT2D eigenvalue weighted by Crippen LogP contribution is -2.38. The van der Waals surface area contributed by atoms with E-state index < -0.39 is 28.4 Å². The molecule has 1 atom stereocenters. The van der Waals surface area contributed by atoms with Crippen molar-refractivity contribution < 1.29 is 26.8 Å². The van der Waals surface area contributed by atoms with E-state index in [-0.39, 0.29) is 36.2 Å². The van der Waals surface area contributed by atoms with E-state index in [1.165, 1.54) is 11.1 Å². The van der Waals surface area contributed by atoms with Gasteiger partial charge >= 0.3 is 0 Å². The number of halogens is 2. The lowest BCUT2D eigenvalue weighted by molar-refractivity contribution is -0.136. The third-order valence-electron chi connectivity index (χ3n) is 6.17. The van der Waals surface area contributed by atoms with Gasteiger partial charge in [-0.2, -0.15) is 22.7 Å². The number of carbonyl (C=O) groups excluding carboxylic acids is 2. The SMILES string of the molecule is C[C@@]1(CC(=O)N2Cc3cn(S(=O)(=O)c4cnn(CC(F)F)c4)nc3C2)C(=O)Nc2ccccc21. The normalized spacial score (nSPS) is 19.4. The summed E-state index contributed by atoms with van der Waals surface area (Å²) in [7, 11) is -4.12. The summed E-state index contributed by atoms with van der Waals surface area (Å²) in [5.74, 6) is -0.502. The fourth-order valence-corrected chi connectivity index (χ4v) is 5.42. The maximum atomic E-state index is 13.0. The van der Waals surface area contributed by atoms with Crippen LogP contribution >= 0.6 is 0 Å². The summed E-state index contributed by atoms with van der Waals surface area (Å²) in [6.45, 7) is 1.25. The van der Waals surface area contributed by atoms with Gasteiger partial charge in [-0.3, -0.25) is 14.3 Å². The number of rotatable bonds is 6. The van der Waals surface area contributed by atoms with Gasteiger partial charge in [0, 0.05) is 36.6 Å². The predicted octanol–water partition coefficient (Wildman–Crippen LogP) is 1.72. The summed E-state index contributed by atoms with van der Waals surface area (Å²) in [5.41, 5.74) is 1.41. The number of anilines is 1. The predicted molar refractivity (Wildman–Crippen MR) is 114 cm³/mol. The van der Waals surface area contributed by atoms with Crippen molar-refractivity contribution in [1.82, 2.24) is 23.9 Å². The number of nitrogens with one attached hydrogen (secondary N) is 1. The second kappa shape index (κ2) is 7.72. The zero-order valence-corrected chi connectivity index (χ0v) is 18.8. The van der Waals surface area contributed by atoms with Gasteiger partial charge in [0.15, 0.2) is 0 Å². The lowest BCUT2D eigenvalue weighted by Gasteiger charge is -2.25. The molecule has 2 aliphatic rings. The molecule has 0 saturated carbocycles. The molecule has 2 aromatic heterocycles. The molecule has 0 spiro atoms. The zero-order chi connectivity index (χ0) is 24.3. The number of fused-ring (bicyclic) bond motifs is 2. The van der Waals surface area contributed by atoms with Gasteiger partial charge in [0.05, 0.1) is 23.9 Å². The van der Waals surface area contributed by atoms with Gasteiger partial charge in [-0.05, 0) is 18.6 Å². The number of hydrogen-bond donors (Lipinski definition) is 1. The van der Waals surface area contributed by atoms with Gasteiger partial charge in [-0.15, -0.1) is 0 Å². The molecule has 0 bridgehead atoms. The van der Waals surface area contributed by atoms with E-state index in [1.54, 1.807) is 13.0 Å². The van der Waals surface area contributed by atoms with E-state index >= 15 is 0 Å². The Morgan fingerprint density at radius 3 is 2.74 bits per heavy atom. The number of aromatic nitrogens is 4. The van der Waals surface area contributed by atoms with E-state index in [0.717, 1.165) is 26.7 Å². The molecule has 3 aromatic rings. The average Bonchev–Trinajstić information content (AvgIpc) is 3.51. The minimum Gasteiger partial charge on any atom is -0.332 e. The number of hydrogen-bond acceptors (Lipinski definition) is 6. The third kappa shape index (κ3) is 3.56. The van der Waals surface area contributed by atoms with Crippen LogP contribution in [0, 0.1) is 0 Å². The molecule has 1 N–H and O–H groups in total. The van der Waals surface area contributed by atoms with Crippen molar-refractivity contribution in [1.29, 1.82) is 0 Å². The van der Waals surface area contributed by atoms with Crippen LogP contribution in [0.3, 0.4) is 0 Å². The van der Waals surface area contributed by atoms with Gasteiger partial charge in [0.25, 0.3) is 16.4 Å². The Morgan fingerprint density at radius 1 is 1.24 bits per heavy atom. The van der Waals surface area contributed by atoms with Crippen molar-refractivity contribution in [2.75, 3.05) is 5.32 Å². The molecule has 10 nitrogen and oxygen atoms in total. The van der Waals surface area contributed by atoms with Crippen LogP contribution < -0.4 is 5.32 Å². The van der Waals surface area contributed by atoms with Crippen molar-refractivity contribution in [2.24, 2.45) is 0 Å². The highest BCUT2D eigenvalue weighted by Crippen LogP contribution is 2.40. The molecule has 13 heteroatoms. The Bertz CT molecular complexity index is 1390.